The van der Waals surface area contributed by atoms with Crippen LogP contribution < -0.4 is 0 Å². The van der Waals surface area contributed by atoms with Crippen molar-refractivity contribution in [2.45, 2.75) is 32.2 Å². The zero-order chi connectivity index (χ0) is 14.5. The number of carbonyl (C=O) groups excluding carboxylic acids is 1. The van der Waals surface area contributed by atoms with Gasteiger partial charge in [0.1, 0.15) is 0 Å². The Morgan fingerprint density at radius 2 is 2.35 bits per heavy atom. The van der Waals surface area contributed by atoms with Crippen LogP contribution in [0.4, 0.5) is 0 Å². The maximum atomic E-state index is 12.2. The Morgan fingerprint density at radius 1 is 1.55 bits per heavy atom. The van der Waals surface area contributed by atoms with E-state index < -0.39 is 0 Å². The largest absolute Gasteiger partial charge is 0.417 e. The molecule has 1 atom stereocenters. The molecule has 0 spiro atoms. The fourth-order valence-corrected chi connectivity index (χ4v) is 2.41. The van der Waals surface area contributed by atoms with Crippen LogP contribution in [0.3, 0.4) is 0 Å². The van der Waals surface area contributed by atoms with E-state index in [2.05, 4.69) is 22.1 Å². The van der Waals surface area contributed by atoms with Crippen LogP contribution in [-0.2, 0) is 6.42 Å². The average molecular weight is 278 g/mol. The van der Waals surface area contributed by atoms with E-state index in [1.165, 1.54) is 6.42 Å². The van der Waals surface area contributed by atoms with Crippen LogP contribution >= 0.6 is 0 Å². The number of hydrogen-bond donors (Lipinski definition) is 0. The van der Waals surface area contributed by atoms with Gasteiger partial charge in [0.05, 0.1) is 0 Å². The molecule has 1 unspecified atom stereocenters. The van der Waals surface area contributed by atoms with Gasteiger partial charge in [-0.2, -0.15) is 0 Å². The van der Waals surface area contributed by atoms with Crippen molar-refractivity contribution in [1.82, 2.24) is 20.0 Å². The van der Waals surface area contributed by atoms with Crippen LogP contribution in [0.25, 0.3) is 0 Å². The van der Waals surface area contributed by atoms with Crippen LogP contribution in [0.1, 0.15) is 36.3 Å². The molecule has 1 aromatic rings. The molecule has 6 nitrogen and oxygen atoms in total. The second-order valence-electron chi connectivity index (χ2n) is 5.24. The first-order valence-electron chi connectivity index (χ1n) is 7.01. The summed E-state index contributed by atoms with van der Waals surface area (Å²) >= 11 is 0. The number of likely N-dealkylation sites (tertiary alicyclic amines) is 1. The van der Waals surface area contributed by atoms with Crippen molar-refractivity contribution in [3.05, 3.63) is 23.9 Å². The van der Waals surface area contributed by atoms with E-state index in [1.807, 2.05) is 19.1 Å². The van der Waals surface area contributed by atoms with Crippen LogP contribution in [0.2, 0.25) is 0 Å². The van der Waals surface area contributed by atoms with Gasteiger partial charge in [0, 0.05) is 26.1 Å². The van der Waals surface area contributed by atoms with E-state index >= 15 is 0 Å². The van der Waals surface area contributed by atoms with Gasteiger partial charge in [0.25, 0.3) is 0 Å². The Balaban J connectivity index is 1.94. The second kappa shape index (κ2) is 6.65. The quantitative estimate of drug-likeness (QED) is 0.761. The first-order chi connectivity index (χ1) is 9.61. The van der Waals surface area contributed by atoms with Crippen LogP contribution in [0.15, 0.2) is 16.6 Å². The normalized spacial score (nSPS) is 19.9. The zero-order valence-corrected chi connectivity index (χ0v) is 12.4. The summed E-state index contributed by atoms with van der Waals surface area (Å²) in [7, 11) is 3.88. The van der Waals surface area contributed by atoms with Crippen molar-refractivity contribution in [2.75, 3.05) is 27.2 Å². The molecule has 1 aliphatic rings. The van der Waals surface area contributed by atoms with Crippen molar-refractivity contribution < 1.29 is 9.21 Å². The highest BCUT2D eigenvalue weighted by molar-refractivity contribution is 5.89. The third-order valence-corrected chi connectivity index (χ3v) is 3.68. The van der Waals surface area contributed by atoms with Crippen molar-refractivity contribution in [1.29, 1.82) is 0 Å². The van der Waals surface area contributed by atoms with Gasteiger partial charge in [-0.05, 0) is 33.4 Å². The lowest BCUT2D eigenvalue weighted by Crippen LogP contribution is -2.39. The highest BCUT2D eigenvalue weighted by atomic mass is 16.4. The molecule has 0 aromatic carbocycles. The van der Waals surface area contributed by atoms with Gasteiger partial charge in [-0.25, -0.2) is 0 Å². The summed E-state index contributed by atoms with van der Waals surface area (Å²) in [5, 5.41) is 7.71. The first-order valence-corrected chi connectivity index (χ1v) is 7.01. The maximum Gasteiger partial charge on any atom is 0.311 e. The summed E-state index contributed by atoms with van der Waals surface area (Å²) in [6.07, 6.45) is 6.71. The molecule has 2 rings (SSSR count). The molecular formula is C14H22N4O2. The molecule has 1 fully saturated rings. The summed E-state index contributed by atoms with van der Waals surface area (Å²) in [6.45, 7) is 3.72. The van der Waals surface area contributed by atoms with Gasteiger partial charge in [0.2, 0.25) is 5.89 Å². The summed E-state index contributed by atoms with van der Waals surface area (Å²) in [4.78, 5) is 16.2. The Morgan fingerprint density at radius 3 is 3.00 bits per heavy atom. The topological polar surface area (TPSA) is 62.5 Å². The molecule has 2 heterocycles. The lowest BCUT2D eigenvalue weighted by Gasteiger charge is -2.24. The van der Waals surface area contributed by atoms with Gasteiger partial charge in [-0.1, -0.05) is 12.2 Å². The molecule has 0 aliphatic carbocycles. The van der Waals surface area contributed by atoms with E-state index in [9.17, 15) is 4.79 Å². The van der Waals surface area contributed by atoms with Gasteiger partial charge in [0.15, 0.2) is 0 Å². The SMILES string of the molecule is C/C=C/Cc1nnc(C(=O)N(C)CC2CCCN2C)o1. The molecule has 0 N–H and O–H groups in total. The molecular weight excluding hydrogens is 256 g/mol. The van der Waals surface area contributed by atoms with E-state index in [0.29, 0.717) is 24.9 Å². The average Bonchev–Trinajstić information content (AvgIpc) is 3.05. The number of carbonyl (C=O) groups is 1. The highest BCUT2D eigenvalue weighted by Crippen LogP contribution is 2.16. The minimum absolute atomic E-state index is 0.0765. The van der Waals surface area contributed by atoms with Crippen molar-refractivity contribution in [2.24, 2.45) is 0 Å². The minimum atomic E-state index is -0.204. The van der Waals surface area contributed by atoms with Crippen LogP contribution in [0, 0.1) is 0 Å². The third-order valence-electron chi connectivity index (χ3n) is 3.68. The van der Waals surface area contributed by atoms with Gasteiger partial charge < -0.3 is 14.2 Å². The van der Waals surface area contributed by atoms with E-state index in [4.69, 9.17) is 4.42 Å². The van der Waals surface area contributed by atoms with Crippen LogP contribution in [0.5, 0.6) is 0 Å². The van der Waals surface area contributed by atoms with Gasteiger partial charge >= 0.3 is 11.8 Å². The second-order valence-corrected chi connectivity index (χ2v) is 5.24. The minimum Gasteiger partial charge on any atom is -0.417 e. The lowest BCUT2D eigenvalue weighted by atomic mass is 10.2. The number of aromatic nitrogens is 2. The van der Waals surface area contributed by atoms with Crippen molar-refractivity contribution in [3.63, 3.8) is 0 Å². The molecule has 20 heavy (non-hydrogen) atoms. The van der Waals surface area contributed by atoms with Gasteiger partial charge in [-0.15, -0.1) is 10.2 Å². The monoisotopic (exact) mass is 278 g/mol. The molecule has 1 amide bonds. The number of amides is 1. The molecule has 1 aromatic heterocycles. The molecule has 6 heteroatoms. The lowest BCUT2D eigenvalue weighted by molar-refractivity contribution is 0.0720. The molecule has 0 bridgehead atoms. The first kappa shape index (κ1) is 14.7. The Hall–Kier alpha value is -1.69. The summed E-state index contributed by atoms with van der Waals surface area (Å²) in [5.41, 5.74) is 0. The van der Waals surface area contributed by atoms with E-state index in [-0.39, 0.29) is 11.8 Å². The zero-order valence-electron chi connectivity index (χ0n) is 12.4. The smallest absolute Gasteiger partial charge is 0.311 e. The Labute approximate surface area is 119 Å². The number of likely N-dealkylation sites (N-methyl/N-ethyl adjacent to an activating group) is 2. The summed E-state index contributed by atoms with van der Waals surface area (Å²) in [6, 6.07) is 0.425. The molecule has 1 saturated heterocycles. The molecule has 0 radical (unpaired) electrons. The number of rotatable bonds is 5. The molecule has 0 saturated carbocycles. The van der Waals surface area contributed by atoms with Crippen molar-refractivity contribution >= 4 is 5.91 Å². The number of nitrogens with zero attached hydrogens (tertiary/aromatic N) is 4. The maximum absolute atomic E-state index is 12.2. The molecule has 110 valence electrons. The van der Waals surface area contributed by atoms with E-state index in [0.717, 1.165) is 13.0 Å². The summed E-state index contributed by atoms with van der Waals surface area (Å²) < 4.78 is 5.38. The number of hydrogen-bond acceptors (Lipinski definition) is 5. The van der Waals surface area contributed by atoms with Crippen LogP contribution in [-0.4, -0.2) is 59.1 Å². The number of allylic oxidation sites excluding steroid dienone is 2. The predicted molar refractivity (Wildman–Crippen MR) is 75.4 cm³/mol. The van der Waals surface area contributed by atoms with E-state index in [1.54, 1.807) is 11.9 Å². The summed E-state index contributed by atoms with van der Waals surface area (Å²) in [5.74, 6) is 0.343. The Kier molecular flexibility index (Phi) is 4.89. The molecule has 1 aliphatic heterocycles. The predicted octanol–water partition coefficient (Wildman–Crippen LogP) is 1.35. The fourth-order valence-electron chi connectivity index (χ4n) is 2.41. The Bertz CT molecular complexity index is 483. The third kappa shape index (κ3) is 3.45. The standard InChI is InChI=1S/C14H22N4O2/c1-4-5-8-12-15-16-13(20-12)14(19)18(3)10-11-7-6-9-17(11)2/h4-5,11H,6-10H2,1-3H3/b5-4+. The fraction of sp³-hybridized carbons (Fsp3) is 0.643. The van der Waals surface area contributed by atoms with Gasteiger partial charge in [-0.3, -0.25) is 4.79 Å². The van der Waals surface area contributed by atoms with Crippen molar-refractivity contribution in [3.8, 4) is 0 Å². The highest BCUT2D eigenvalue weighted by Gasteiger charge is 2.26.